The van der Waals surface area contributed by atoms with Gasteiger partial charge in [0.2, 0.25) is 0 Å². The summed E-state index contributed by atoms with van der Waals surface area (Å²) in [5, 5.41) is 0. The number of nitrogens with zero attached hydrogens (tertiary/aromatic N) is 4. The van der Waals surface area contributed by atoms with E-state index >= 15 is 0 Å². The van der Waals surface area contributed by atoms with Gasteiger partial charge in [-0.25, -0.2) is 4.98 Å². The van der Waals surface area contributed by atoms with Gasteiger partial charge in [0.1, 0.15) is 5.65 Å². The first kappa shape index (κ1) is 16.7. The van der Waals surface area contributed by atoms with Crippen LogP contribution in [0.5, 0.6) is 0 Å². The van der Waals surface area contributed by atoms with Crippen LogP contribution in [0, 0.1) is 6.92 Å². The van der Waals surface area contributed by atoms with E-state index in [1.807, 2.05) is 77.1 Å². The predicted molar refractivity (Wildman–Crippen MR) is 108 cm³/mol. The summed E-state index contributed by atoms with van der Waals surface area (Å²) in [6.07, 6.45) is 6.55. The van der Waals surface area contributed by atoms with Gasteiger partial charge < -0.3 is 9.30 Å². The van der Waals surface area contributed by atoms with Crippen molar-refractivity contribution in [1.82, 2.24) is 19.3 Å². The Balaban J connectivity index is 1.40. The Bertz CT molecular complexity index is 1160. The van der Waals surface area contributed by atoms with E-state index in [9.17, 15) is 4.79 Å². The van der Waals surface area contributed by atoms with Crippen molar-refractivity contribution >= 4 is 11.6 Å². The van der Waals surface area contributed by atoms with E-state index in [1.165, 1.54) is 0 Å². The van der Waals surface area contributed by atoms with E-state index in [-0.39, 0.29) is 5.91 Å². The van der Waals surface area contributed by atoms with Crippen molar-refractivity contribution in [3.05, 3.63) is 89.6 Å². The fourth-order valence-corrected chi connectivity index (χ4v) is 3.95. The molecule has 3 aromatic heterocycles. The molecule has 1 aliphatic rings. The number of fused-ring (bicyclic) bond motifs is 2. The van der Waals surface area contributed by atoms with Crippen LogP contribution in [0.25, 0.3) is 16.8 Å². The van der Waals surface area contributed by atoms with E-state index in [2.05, 4.69) is 9.97 Å². The van der Waals surface area contributed by atoms with E-state index in [0.717, 1.165) is 45.7 Å². The lowest BCUT2D eigenvalue weighted by atomic mass is 9.96. The highest BCUT2D eigenvalue weighted by atomic mass is 16.2. The molecule has 0 N–H and O–H groups in total. The highest BCUT2D eigenvalue weighted by Gasteiger charge is 2.30. The molecule has 0 fully saturated rings. The summed E-state index contributed by atoms with van der Waals surface area (Å²) in [6, 6.07) is 16.0. The standard InChI is InChI=1S/C23H20N4O/c1-16-19(8-5-11-24-16)20-7-4-6-17-14-27(23(28)22(17)20)13-10-18-15-26-12-3-2-9-21(26)25-18/h2-9,11-12,15H,10,13-14H2,1H3. The molecule has 138 valence electrons. The fraction of sp³-hybridized carbons (Fsp3) is 0.174. The fourth-order valence-electron chi connectivity index (χ4n) is 3.95. The molecule has 0 bridgehead atoms. The van der Waals surface area contributed by atoms with Crippen LogP contribution < -0.4 is 0 Å². The van der Waals surface area contributed by atoms with Crippen LogP contribution in [-0.4, -0.2) is 31.7 Å². The SMILES string of the molecule is Cc1ncccc1-c1cccc2c1C(=O)N(CCc1cn3ccccc3n1)C2. The van der Waals surface area contributed by atoms with Gasteiger partial charge in [-0.15, -0.1) is 0 Å². The number of pyridine rings is 2. The van der Waals surface area contributed by atoms with Gasteiger partial charge in [-0.05, 0) is 36.2 Å². The lowest BCUT2D eigenvalue weighted by Gasteiger charge is -2.15. The Hall–Kier alpha value is -3.47. The van der Waals surface area contributed by atoms with Gasteiger partial charge in [0, 0.05) is 49.4 Å². The molecule has 1 aromatic carbocycles. The molecule has 1 aliphatic heterocycles. The predicted octanol–water partition coefficient (Wildman–Crippen LogP) is 3.90. The zero-order chi connectivity index (χ0) is 19.1. The molecule has 0 unspecified atom stereocenters. The number of aryl methyl sites for hydroxylation is 1. The number of benzene rings is 1. The summed E-state index contributed by atoms with van der Waals surface area (Å²) in [6.45, 7) is 3.28. The van der Waals surface area contributed by atoms with Gasteiger partial charge >= 0.3 is 0 Å². The van der Waals surface area contributed by atoms with Crippen molar-refractivity contribution in [3.63, 3.8) is 0 Å². The normalized spacial score (nSPS) is 13.3. The quantitative estimate of drug-likeness (QED) is 0.549. The average molecular weight is 368 g/mol. The van der Waals surface area contributed by atoms with Crippen molar-refractivity contribution in [2.45, 2.75) is 19.9 Å². The molecule has 0 radical (unpaired) electrons. The van der Waals surface area contributed by atoms with E-state index < -0.39 is 0 Å². The molecule has 0 saturated heterocycles. The first-order valence-electron chi connectivity index (χ1n) is 9.46. The summed E-state index contributed by atoms with van der Waals surface area (Å²) in [5.74, 6) is 0.0950. The maximum atomic E-state index is 13.2. The molecular weight excluding hydrogens is 348 g/mol. The molecule has 0 atom stereocenters. The second-order valence-corrected chi connectivity index (χ2v) is 7.15. The van der Waals surface area contributed by atoms with Crippen LogP contribution in [0.4, 0.5) is 0 Å². The Labute approximate surface area is 163 Å². The minimum absolute atomic E-state index is 0.0950. The number of hydrogen-bond donors (Lipinski definition) is 0. The largest absolute Gasteiger partial charge is 0.334 e. The van der Waals surface area contributed by atoms with Gasteiger partial charge in [-0.2, -0.15) is 0 Å². The smallest absolute Gasteiger partial charge is 0.255 e. The first-order valence-corrected chi connectivity index (χ1v) is 9.46. The Morgan fingerprint density at radius 2 is 1.93 bits per heavy atom. The number of amides is 1. The lowest BCUT2D eigenvalue weighted by molar-refractivity contribution is 0.0780. The van der Waals surface area contributed by atoms with Crippen LogP contribution in [0.3, 0.4) is 0 Å². The molecule has 0 aliphatic carbocycles. The van der Waals surface area contributed by atoms with Crippen molar-refractivity contribution in [2.24, 2.45) is 0 Å². The number of aromatic nitrogens is 3. The average Bonchev–Trinajstić information content (AvgIpc) is 3.27. The van der Waals surface area contributed by atoms with Crippen LogP contribution in [0.2, 0.25) is 0 Å². The zero-order valence-corrected chi connectivity index (χ0v) is 15.7. The number of carbonyl (C=O) groups is 1. The maximum Gasteiger partial charge on any atom is 0.255 e. The second kappa shape index (κ2) is 6.60. The molecule has 28 heavy (non-hydrogen) atoms. The second-order valence-electron chi connectivity index (χ2n) is 7.15. The monoisotopic (exact) mass is 368 g/mol. The first-order chi connectivity index (χ1) is 13.7. The van der Waals surface area contributed by atoms with Gasteiger partial charge in [0.25, 0.3) is 5.91 Å². The third-order valence-electron chi connectivity index (χ3n) is 5.36. The van der Waals surface area contributed by atoms with Crippen molar-refractivity contribution in [3.8, 4) is 11.1 Å². The van der Waals surface area contributed by atoms with Gasteiger partial charge in [-0.1, -0.05) is 30.3 Å². The summed E-state index contributed by atoms with van der Waals surface area (Å²) >= 11 is 0. The van der Waals surface area contributed by atoms with Crippen molar-refractivity contribution in [1.29, 1.82) is 0 Å². The third-order valence-corrected chi connectivity index (χ3v) is 5.36. The van der Waals surface area contributed by atoms with Crippen LogP contribution in [0.1, 0.15) is 27.3 Å². The van der Waals surface area contributed by atoms with Gasteiger partial charge in [-0.3, -0.25) is 9.78 Å². The lowest BCUT2D eigenvalue weighted by Crippen LogP contribution is -2.26. The number of rotatable bonds is 4. The highest BCUT2D eigenvalue weighted by molar-refractivity contribution is 6.04. The molecular formula is C23H20N4O. The summed E-state index contributed by atoms with van der Waals surface area (Å²) in [4.78, 5) is 24.1. The Kier molecular flexibility index (Phi) is 3.93. The Morgan fingerprint density at radius 1 is 1.04 bits per heavy atom. The minimum atomic E-state index is 0.0950. The van der Waals surface area contributed by atoms with Crippen molar-refractivity contribution < 1.29 is 4.79 Å². The minimum Gasteiger partial charge on any atom is -0.334 e. The van der Waals surface area contributed by atoms with Crippen molar-refractivity contribution in [2.75, 3.05) is 6.54 Å². The van der Waals surface area contributed by atoms with E-state index in [1.54, 1.807) is 6.20 Å². The number of hydrogen-bond acceptors (Lipinski definition) is 3. The van der Waals surface area contributed by atoms with Gasteiger partial charge in [0.05, 0.1) is 11.3 Å². The Morgan fingerprint density at radius 3 is 2.79 bits per heavy atom. The van der Waals surface area contributed by atoms with E-state index in [4.69, 9.17) is 0 Å². The third kappa shape index (κ3) is 2.76. The molecule has 0 saturated carbocycles. The van der Waals surface area contributed by atoms with Crippen LogP contribution in [0.15, 0.2) is 67.1 Å². The van der Waals surface area contributed by atoms with Crippen LogP contribution >= 0.6 is 0 Å². The molecule has 5 rings (SSSR count). The molecule has 4 heterocycles. The molecule has 5 heteroatoms. The number of carbonyl (C=O) groups excluding carboxylic acids is 1. The highest BCUT2D eigenvalue weighted by Crippen LogP contribution is 2.33. The summed E-state index contributed by atoms with van der Waals surface area (Å²) in [7, 11) is 0. The van der Waals surface area contributed by atoms with E-state index in [0.29, 0.717) is 13.1 Å². The zero-order valence-electron chi connectivity index (χ0n) is 15.7. The van der Waals surface area contributed by atoms with Gasteiger partial charge in [0.15, 0.2) is 0 Å². The summed E-state index contributed by atoms with van der Waals surface area (Å²) < 4.78 is 2.01. The van der Waals surface area contributed by atoms with Crippen LogP contribution in [-0.2, 0) is 13.0 Å². The molecule has 1 amide bonds. The summed E-state index contributed by atoms with van der Waals surface area (Å²) in [5.41, 5.74) is 6.76. The maximum absolute atomic E-state index is 13.2. The topological polar surface area (TPSA) is 50.5 Å². The molecule has 5 nitrogen and oxygen atoms in total. The molecule has 4 aromatic rings. The number of imidazole rings is 1. The molecule has 0 spiro atoms.